The second-order valence-corrected chi connectivity index (χ2v) is 7.52. The molecule has 2 amide bonds. The summed E-state index contributed by atoms with van der Waals surface area (Å²) in [7, 11) is 0. The van der Waals surface area contributed by atoms with Crippen molar-refractivity contribution in [2.24, 2.45) is 0 Å². The third-order valence-corrected chi connectivity index (χ3v) is 4.12. The van der Waals surface area contributed by atoms with Gasteiger partial charge in [0.2, 0.25) is 5.91 Å². The zero-order chi connectivity index (χ0) is 18.4. The van der Waals surface area contributed by atoms with Gasteiger partial charge in [0.25, 0.3) is 5.91 Å². The van der Waals surface area contributed by atoms with Gasteiger partial charge in [-0.2, -0.15) is 0 Å². The highest BCUT2D eigenvalue weighted by molar-refractivity contribution is 5.94. The van der Waals surface area contributed by atoms with Crippen LogP contribution in [-0.2, 0) is 4.79 Å². The number of carbonyl (C=O) groups is 2. The van der Waals surface area contributed by atoms with Gasteiger partial charge in [-0.25, -0.2) is 0 Å². The molecule has 0 spiro atoms. The highest BCUT2D eigenvalue weighted by Gasteiger charge is 2.22. The highest BCUT2D eigenvalue weighted by atomic mass is 16.5. The summed E-state index contributed by atoms with van der Waals surface area (Å²) in [4.78, 5) is 28.5. The zero-order valence-electron chi connectivity index (χ0n) is 15.9. The van der Waals surface area contributed by atoms with E-state index in [1.165, 1.54) is 0 Å². The Morgan fingerprint density at radius 3 is 2.20 bits per heavy atom. The molecule has 0 aliphatic carbocycles. The summed E-state index contributed by atoms with van der Waals surface area (Å²) in [6.45, 7) is 10.6. The molecule has 0 N–H and O–H groups in total. The lowest BCUT2D eigenvalue weighted by molar-refractivity contribution is -0.131. The first kappa shape index (κ1) is 19.3. The van der Waals surface area contributed by atoms with Crippen molar-refractivity contribution in [2.45, 2.75) is 52.6 Å². The van der Waals surface area contributed by atoms with Gasteiger partial charge in [-0.3, -0.25) is 9.59 Å². The average Bonchev–Trinajstić information content (AvgIpc) is 2.80. The van der Waals surface area contributed by atoms with Crippen molar-refractivity contribution in [3.8, 4) is 5.75 Å². The summed E-state index contributed by atoms with van der Waals surface area (Å²) in [6.07, 6.45) is 2.27. The maximum atomic E-state index is 12.7. The largest absolute Gasteiger partial charge is 0.488 e. The maximum Gasteiger partial charge on any atom is 0.253 e. The second kappa shape index (κ2) is 8.37. The normalized spacial score (nSPS) is 15.7. The van der Waals surface area contributed by atoms with Crippen LogP contribution in [0.3, 0.4) is 0 Å². The van der Waals surface area contributed by atoms with Crippen molar-refractivity contribution in [1.29, 1.82) is 0 Å². The van der Waals surface area contributed by atoms with Crippen LogP contribution in [-0.4, -0.2) is 53.4 Å². The van der Waals surface area contributed by atoms with E-state index in [0.29, 0.717) is 31.6 Å². The summed E-state index contributed by atoms with van der Waals surface area (Å²) in [5.74, 6) is 0.976. The van der Waals surface area contributed by atoms with Crippen LogP contribution in [0.15, 0.2) is 24.3 Å². The minimum atomic E-state index is -0.259. The van der Waals surface area contributed by atoms with Crippen molar-refractivity contribution in [2.75, 3.05) is 26.2 Å². The molecule has 1 aliphatic heterocycles. The predicted molar refractivity (Wildman–Crippen MR) is 98.8 cm³/mol. The van der Waals surface area contributed by atoms with Crippen molar-refractivity contribution in [3.63, 3.8) is 0 Å². The fraction of sp³-hybridized carbons (Fsp3) is 0.600. The van der Waals surface area contributed by atoms with Crippen LogP contribution in [0.5, 0.6) is 5.75 Å². The van der Waals surface area contributed by atoms with E-state index in [1.54, 1.807) is 0 Å². The van der Waals surface area contributed by atoms with Crippen molar-refractivity contribution < 1.29 is 14.3 Å². The van der Waals surface area contributed by atoms with E-state index < -0.39 is 0 Å². The van der Waals surface area contributed by atoms with Gasteiger partial charge in [-0.1, -0.05) is 6.92 Å². The summed E-state index contributed by atoms with van der Waals surface area (Å²) in [6, 6.07) is 7.31. The quantitative estimate of drug-likeness (QED) is 0.840. The van der Waals surface area contributed by atoms with Crippen LogP contribution < -0.4 is 4.74 Å². The number of rotatable bonds is 4. The fourth-order valence-electron chi connectivity index (χ4n) is 2.94. The van der Waals surface area contributed by atoms with E-state index in [0.717, 1.165) is 25.1 Å². The average molecular weight is 346 g/mol. The Labute approximate surface area is 150 Å². The molecule has 1 aromatic carbocycles. The Morgan fingerprint density at radius 1 is 1.00 bits per heavy atom. The van der Waals surface area contributed by atoms with Gasteiger partial charge in [-0.05, 0) is 57.9 Å². The molecule has 0 aromatic heterocycles. The summed E-state index contributed by atoms with van der Waals surface area (Å²) in [5, 5.41) is 0. The molecule has 0 unspecified atom stereocenters. The molecule has 1 aromatic rings. The number of amides is 2. The number of hydrogen-bond acceptors (Lipinski definition) is 3. The first-order chi connectivity index (χ1) is 11.8. The third-order valence-electron chi connectivity index (χ3n) is 4.12. The van der Waals surface area contributed by atoms with Gasteiger partial charge in [0.05, 0.1) is 0 Å². The Bertz CT molecular complexity index is 590. The van der Waals surface area contributed by atoms with E-state index in [1.807, 2.05) is 61.8 Å². The molecule has 1 aliphatic rings. The molecule has 1 heterocycles. The molecule has 0 radical (unpaired) electrons. The molecular weight excluding hydrogens is 316 g/mol. The van der Waals surface area contributed by atoms with Gasteiger partial charge in [0.15, 0.2) is 0 Å². The van der Waals surface area contributed by atoms with Crippen LogP contribution in [0.4, 0.5) is 0 Å². The van der Waals surface area contributed by atoms with Crippen LogP contribution in [0, 0.1) is 0 Å². The molecule has 0 saturated carbocycles. The minimum absolute atomic E-state index is 0.0205. The predicted octanol–water partition coefficient (Wildman–Crippen LogP) is 3.34. The Hall–Kier alpha value is -2.04. The van der Waals surface area contributed by atoms with Crippen molar-refractivity contribution in [1.82, 2.24) is 9.80 Å². The minimum Gasteiger partial charge on any atom is -0.488 e. The van der Waals surface area contributed by atoms with Crippen molar-refractivity contribution in [3.05, 3.63) is 29.8 Å². The molecule has 138 valence electrons. The number of ether oxygens (including phenoxy) is 1. The number of nitrogens with zero attached hydrogens (tertiary/aromatic N) is 2. The molecule has 5 heteroatoms. The highest BCUT2D eigenvalue weighted by Crippen LogP contribution is 2.19. The monoisotopic (exact) mass is 346 g/mol. The van der Waals surface area contributed by atoms with E-state index in [4.69, 9.17) is 4.74 Å². The van der Waals surface area contributed by atoms with E-state index in [-0.39, 0.29) is 17.4 Å². The standard InChI is InChI=1S/C20H30N2O3/c1-5-7-18(23)21-12-6-13-22(15-14-21)19(24)16-8-10-17(11-9-16)25-20(2,3)4/h8-11H,5-7,12-15H2,1-4H3. The lowest BCUT2D eigenvalue weighted by Crippen LogP contribution is -2.37. The summed E-state index contributed by atoms with van der Waals surface area (Å²) >= 11 is 0. The van der Waals surface area contributed by atoms with Crippen LogP contribution in [0.1, 0.15) is 57.3 Å². The first-order valence-electron chi connectivity index (χ1n) is 9.16. The second-order valence-electron chi connectivity index (χ2n) is 7.52. The molecule has 0 atom stereocenters. The first-order valence-corrected chi connectivity index (χ1v) is 9.16. The molecule has 2 rings (SSSR count). The topological polar surface area (TPSA) is 49.9 Å². The number of carbonyl (C=O) groups excluding carboxylic acids is 2. The van der Waals surface area contributed by atoms with Gasteiger partial charge >= 0.3 is 0 Å². The maximum absolute atomic E-state index is 12.7. The lowest BCUT2D eigenvalue weighted by Gasteiger charge is -2.23. The van der Waals surface area contributed by atoms with Gasteiger partial charge < -0.3 is 14.5 Å². The van der Waals surface area contributed by atoms with E-state index in [2.05, 4.69) is 0 Å². The van der Waals surface area contributed by atoms with Gasteiger partial charge in [0, 0.05) is 38.2 Å². The molecule has 0 bridgehead atoms. The Balaban J connectivity index is 1.97. The Morgan fingerprint density at radius 2 is 1.60 bits per heavy atom. The molecule has 5 nitrogen and oxygen atoms in total. The number of hydrogen-bond donors (Lipinski definition) is 0. The third kappa shape index (κ3) is 5.76. The van der Waals surface area contributed by atoms with Crippen molar-refractivity contribution >= 4 is 11.8 Å². The smallest absolute Gasteiger partial charge is 0.253 e. The molecule has 1 saturated heterocycles. The van der Waals surface area contributed by atoms with Crippen LogP contribution >= 0.6 is 0 Å². The summed E-state index contributed by atoms with van der Waals surface area (Å²) < 4.78 is 5.80. The van der Waals surface area contributed by atoms with E-state index in [9.17, 15) is 9.59 Å². The van der Waals surface area contributed by atoms with Gasteiger partial charge in [-0.15, -0.1) is 0 Å². The van der Waals surface area contributed by atoms with Crippen LogP contribution in [0.2, 0.25) is 0 Å². The molecular formula is C20H30N2O3. The molecule has 1 fully saturated rings. The van der Waals surface area contributed by atoms with E-state index >= 15 is 0 Å². The molecule has 25 heavy (non-hydrogen) atoms. The number of benzene rings is 1. The lowest BCUT2D eigenvalue weighted by atomic mass is 10.1. The Kier molecular flexibility index (Phi) is 6.45. The summed E-state index contributed by atoms with van der Waals surface area (Å²) in [5.41, 5.74) is 0.403. The van der Waals surface area contributed by atoms with Gasteiger partial charge in [0.1, 0.15) is 11.4 Å². The fourth-order valence-corrected chi connectivity index (χ4v) is 2.94. The van der Waals surface area contributed by atoms with Crippen LogP contribution in [0.25, 0.3) is 0 Å². The SMILES string of the molecule is CCCC(=O)N1CCCN(C(=O)c2ccc(OC(C)(C)C)cc2)CC1. The zero-order valence-corrected chi connectivity index (χ0v) is 15.9.